The summed E-state index contributed by atoms with van der Waals surface area (Å²) in [7, 11) is 0. The molecule has 0 aromatic carbocycles. The smallest absolute Gasteiger partial charge is 0.209 e. The second-order valence-electron chi connectivity index (χ2n) is 3.43. The van der Waals surface area contributed by atoms with Crippen molar-refractivity contribution in [2.45, 2.75) is 0 Å². The lowest BCUT2D eigenvalue weighted by Gasteiger charge is -2.05. The van der Waals surface area contributed by atoms with Crippen LogP contribution in [0.3, 0.4) is 0 Å². The van der Waals surface area contributed by atoms with Crippen molar-refractivity contribution in [1.82, 2.24) is 0 Å². The van der Waals surface area contributed by atoms with Gasteiger partial charge in [-0.25, -0.2) is 0 Å². The molecule has 1 aliphatic rings. The molecular formula is C13H8N4O. The monoisotopic (exact) mass is 239 g/mol. The first-order valence-electron chi connectivity index (χ1n) is 6.39. The van der Waals surface area contributed by atoms with Gasteiger partial charge in [-0.3, -0.25) is 0 Å². The minimum atomic E-state index is -1.87. The Bertz CT molecular complexity index is 789. The van der Waals surface area contributed by atoms with Crippen LogP contribution in [0.5, 0.6) is 0 Å². The van der Waals surface area contributed by atoms with E-state index in [0.29, 0.717) is 0 Å². The van der Waals surface area contributed by atoms with Crippen LogP contribution in [0.1, 0.15) is 21.0 Å². The molecule has 2 rings (SSSR count). The zero-order valence-corrected chi connectivity index (χ0v) is 9.06. The van der Waals surface area contributed by atoms with E-state index in [1.165, 1.54) is 0 Å². The van der Waals surface area contributed by atoms with Gasteiger partial charge in [-0.1, -0.05) is 18.2 Å². The van der Waals surface area contributed by atoms with Crippen LogP contribution < -0.4 is 5.73 Å². The van der Waals surface area contributed by atoms with E-state index in [4.69, 9.17) is 30.0 Å². The van der Waals surface area contributed by atoms with Gasteiger partial charge in [-0.05, 0) is 6.05 Å². The van der Waals surface area contributed by atoms with Crippen molar-refractivity contribution in [3.8, 4) is 18.2 Å². The highest BCUT2D eigenvalue weighted by molar-refractivity contribution is 5.74. The number of nitrogens with zero attached hydrogens (tertiary/aromatic N) is 3. The highest BCUT2D eigenvalue weighted by Gasteiger charge is 2.21. The van der Waals surface area contributed by atoms with Crippen LogP contribution in [0.4, 0.5) is 5.88 Å². The molecule has 1 aromatic heterocycles. The molecule has 5 heteroatoms. The van der Waals surface area contributed by atoms with E-state index in [1.54, 1.807) is 18.2 Å². The quantitative estimate of drug-likeness (QED) is 0.806. The van der Waals surface area contributed by atoms with E-state index in [1.807, 2.05) is 0 Å². The van der Waals surface area contributed by atoms with Crippen molar-refractivity contribution in [1.29, 1.82) is 15.8 Å². The van der Waals surface area contributed by atoms with Crippen LogP contribution in [0.2, 0.25) is 0 Å². The number of nitrogens with two attached hydrogens (primary N) is 1. The molecule has 1 atom stereocenters. The summed E-state index contributed by atoms with van der Waals surface area (Å²) in [6, 6.07) is 4.53. The second-order valence-corrected chi connectivity index (χ2v) is 3.43. The van der Waals surface area contributed by atoms with Crippen LogP contribution >= 0.6 is 0 Å². The van der Waals surface area contributed by atoms with Crippen molar-refractivity contribution in [2.24, 2.45) is 11.8 Å². The summed E-state index contributed by atoms with van der Waals surface area (Å²) < 4.78 is 29.2. The van der Waals surface area contributed by atoms with Gasteiger partial charge in [0.15, 0.2) is 0 Å². The third-order valence-corrected chi connectivity index (χ3v) is 2.39. The lowest BCUT2D eigenvalue weighted by Crippen LogP contribution is -2.05. The summed E-state index contributed by atoms with van der Waals surface area (Å²) in [6.45, 7) is 0. The summed E-state index contributed by atoms with van der Waals surface area (Å²) in [4.78, 5) is 0. The Kier molecular flexibility index (Phi) is 2.04. The van der Waals surface area contributed by atoms with E-state index in [9.17, 15) is 0 Å². The molecule has 86 valence electrons. The predicted molar refractivity (Wildman–Crippen MR) is 64.1 cm³/mol. The Morgan fingerprint density at radius 3 is 2.61 bits per heavy atom. The summed E-state index contributed by atoms with van der Waals surface area (Å²) in [5.74, 6) is -3.60. The van der Waals surface area contributed by atoms with Crippen molar-refractivity contribution in [3.63, 3.8) is 0 Å². The van der Waals surface area contributed by atoms with Gasteiger partial charge >= 0.3 is 0 Å². The molecule has 1 aromatic rings. The van der Waals surface area contributed by atoms with Crippen LogP contribution in [-0.2, 0) is 0 Å². The van der Waals surface area contributed by atoms with Crippen LogP contribution in [0, 0.1) is 45.8 Å². The molecular weight excluding hydrogens is 228 g/mol. The summed E-state index contributed by atoms with van der Waals surface area (Å²) in [5.41, 5.74) is 5.43. The highest BCUT2D eigenvalue weighted by Crippen LogP contribution is 2.31. The van der Waals surface area contributed by atoms with Crippen molar-refractivity contribution >= 4 is 18.0 Å². The number of nitrogen functional groups attached to an aromatic ring is 1. The van der Waals surface area contributed by atoms with E-state index >= 15 is 0 Å². The van der Waals surface area contributed by atoms with Crippen LogP contribution in [0.25, 0.3) is 12.1 Å². The van der Waals surface area contributed by atoms with Gasteiger partial charge in [0, 0.05) is 12.8 Å². The average Bonchev–Trinajstić information content (AvgIpc) is 2.72. The maximum Gasteiger partial charge on any atom is 0.209 e. The first-order valence-corrected chi connectivity index (χ1v) is 4.89. The van der Waals surface area contributed by atoms with Crippen LogP contribution in [-0.4, -0.2) is 0 Å². The Balaban J connectivity index is 2.77. The third kappa shape index (κ3) is 1.73. The Hall–Kier alpha value is -2.97. The lowest BCUT2D eigenvalue weighted by molar-refractivity contribution is 0.575. The number of nitriles is 3. The Morgan fingerprint density at radius 2 is 2.00 bits per heavy atom. The average molecular weight is 239 g/mol. The minimum absolute atomic E-state index is 0.00000425. The Morgan fingerprint density at radius 1 is 1.33 bits per heavy atom. The molecule has 18 heavy (non-hydrogen) atoms. The van der Waals surface area contributed by atoms with Crippen molar-refractivity contribution in [3.05, 3.63) is 29.0 Å². The zero-order valence-electron chi connectivity index (χ0n) is 12.1. The molecule has 1 aliphatic carbocycles. The lowest BCUT2D eigenvalue weighted by atomic mass is 9.94. The van der Waals surface area contributed by atoms with Gasteiger partial charge in [0.25, 0.3) is 0 Å². The first kappa shape index (κ1) is 8.17. The SMILES string of the molecule is [2H]C1=CC([2H])(C(C#N)C#N)C=C([2H])c2c1oc(N)c2C#N. The number of hydrogen-bond acceptors (Lipinski definition) is 5. The molecule has 0 aliphatic heterocycles. The van der Waals surface area contributed by atoms with E-state index in [0.717, 1.165) is 12.2 Å². The number of fused-ring (bicyclic) bond motifs is 1. The molecule has 1 heterocycles. The first-order chi connectivity index (χ1) is 9.87. The molecule has 0 fully saturated rings. The Labute approximate surface area is 108 Å². The number of furan rings is 1. The standard InChI is InChI=1S/C13H8N4O/c14-5-9(6-15)8-1-3-10-11(7-16)13(17)18-12(10)4-2-8/h1-4,8-9H,17H2/i3D,4D,8D. The summed E-state index contributed by atoms with van der Waals surface area (Å²) in [6.07, 6.45) is 2.08. The minimum Gasteiger partial charge on any atom is -0.440 e. The molecule has 1 unspecified atom stereocenters. The summed E-state index contributed by atoms with van der Waals surface area (Å²) >= 11 is 0. The molecule has 5 nitrogen and oxygen atoms in total. The van der Waals surface area contributed by atoms with E-state index < -0.39 is 11.8 Å². The normalized spacial score (nSPS) is 24.0. The number of allylic oxidation sites excluding steroid dienone is 2. The van der Waals surface area contributed by atoms with Gasteiger partial charge in [-0.2, -0.15) is 15.8 Å². The molecule has 0 spiro atoms. The van der Waals surface area contributed by atoms with Gasteiger partial charge in [0.05, 0.1) is 14.9 Å². The molecule has 0 saturated carbocycles. The molecule has 0 saturated heterocycles. The molecule has 2 N–H and O–H groups in total. The van der Waals surface area contributed by atoms with Gasteiger partial charge in [-0.15, -0.1) is 0 Å². The third-order valence-electron chi connectivity index (χ3n) is 2.39. The largest absolute Gasteiger partial charge is 0.440 e. The fourth-order valence-corrected chi connectivity index (χ4v) is 1.49. The molecule has 0 radical (unpaired) electrons. The fraction of sp³-hybridized carbons (Fsp3) is 0.154. The van der Waals surface area contributed by atoms with Crippen molar-refractivity contribution in [2.75, 3.05) is 5.73 Å². The van der Waals surface area contributed by atoms with Gasteiger partial charge in [0.1, 0.15) is 23.3 Å². The van der Waals surface area contributed by atoms with Crippen molar-refractivity contribution < 1.29 is 8.53 Å². The topological polar surface area (TPSA) is 111 Å². The number of rotatable bonds is 1. The van der Waals surface area contributed by atoms with E-state index in [2.05, 4.69) is 0 Å². The van der Waals surface area contributed by atoms with Gasteiger partial charge < -0.3 is 10.2 Å². The summed E-state index contributed by atoms with van der Waals surface area (Å²) in [5, 5.41) is 27.0. The zero-order chi connectivity index (χ0) is 15.8. The fourth-order valence-electron chi connectivity index (χ4n) is 1.49. The number of anilines is 1. The maximum absolute atomic E-state index is 9.06. The van der Waals surface area contributed by atoms with Gasteiger partial charge in [0.2, 0.25) is 5.88 Å². The van der Waals surface area contributed by atoms with E-state index in [-0.39, 0.29) is 34.9 Å². The predicted octanol–water partition coefficient (Wildman–Crippen LogP) is 2.05. The number of hydrogen-bond donors (Lipinski definition) is 1. The second kappa shape index (κ2) is 4.49. The molecule has 0 amide bonds. The molecule has 0 bridgehead atoms. The highest BCUT2D eigenvalue weighted by atomic mass is 16.4. The maximum atomic E-state index is 9.06. The van der Waals surface area contributed by atoms with Crippen LogP contribution in [0.15, 0.2) is 16.6 Å².